The monoisotopic (exact) mass is 366 g/mol. The van der Waals surface area contributed by atoms with Crippen LogP contribution >= 0.6 is 0 Å². The van der Waals surface area contributed by atoms with Crippen LogP contribution in [0.15, 0.2) is 65.8 Å². The number of carbonyl (C=O) groups excluding carboxylic acids is 2. The van der Waals surface area contributed by atoms with E-state index in [4.69, 9.17) is 9.47 Å². The van der Waals surface area contributed by atoms with Gasteiger partial charge in [0.15, 0.2) is 0 Å². The fraction of sp³-hybridized carbons (Fsp3) is 0.286. The van der Waals surface area contributed by atoms with Crippen LogP contribution in [0.2, 0.25) is 0 Å². The van der Waals surface area contributed by atoms with Gasteiger partial charge in [-0.25, -0.2) is 5.01 Å². The van der Waals surface area contributed by atoms with Crippen molar-refractivity contribution in [3.63, 3.8) is 0 Å². The summed E-state index contributed by atoms with van der Waals surface area (Å²) in [7, 11) is 0. The topological polar surface area (TPSA) is 68.2 Å². The number of carbonyl (C=O) groups is 2. The van der Waals surface area contributed by atoms with Crippen molar-refractivity contribution in [1.82, 2.24) is 5.01 Å². The van der Waals surface area contributed by atoms with Gasteiger partial charge in [-0.2, -0.15) is 5.10 Å². The van der Waals surface area contributed by atoms with Gasteiger partial charge in [-0.05, 0) is 17.7 Å². The fourth-order valence-electron chi connectivity index (χ4n) is 2.71. The number of nitrogens with zero attached hydrogens (tertiary/aromatic N) is 2. The van der Waals surface area contributed by atoms with Crippen LogP contribution in [0.3, 0.4) is 0 Å². The zero-order valence-corrected chi connectivity index (χ0v) is 15.0. The van der Waals surface area contributed by atoms with E-state index < -0.39 is 5.97 Å². The predicted molar refractivity (Wildman–Crippen MR) is 101 cm³/mol. The number of hydrogen-bond acceptors (Lipinski definition) is 5. The molecule has 0 atom stereocenters. The molecule has 27 heavy (non-hydrogen) atoms. The molecule has 0 radical (unpaired) electrons. The Kier molecular flexibility index (Phi) is 6.57. The molecule has 1 aliphatic heterocycles. The Hall–Kier alpha value is -3.15. The van der Waals surface area contributed by atoms with Gasteiger partial charge in [-0.3, -0.25) is 9.59 Å². The van der Waals surface area contributed by atoms with Crippen molar-refractivity contribution in [2.75, 3.05) is 19.8 Å². The van der Waals surface area contributed by atoms with E-state index in [1.165, 1.54) is 5.01 Å². The fourth-order valence-corrected chi connectivity index (χ4v) is 2.71. The summed E-state index contributed by atoms with van der Waals surface area (Å²) < 4.78 is 10.5. The minimum Gasteiger partial charge on any atom is -0.490 e. The van der Waals surface area contributed by atoms with Gasteiger partial charge in [0.1, 0.15) is 19.0 Å². The van der Waals surface area contributed by atoms with Crippen LogP contribution in [0.5, 0.6) is 5.75 Å². The lowest BCUT2D eigenvalue weighted by Gasteiger charge is -2.11. The van der Waals surface area contributed by atoms with Gasteiger partial charge < -0.3 is 9.47 Å². The molecule has 0 aliphatic carbocycles. The van der Waals surface area contributed by atoms with Crippen molar-refractivity contribution >= 4 is 17.6 Å². The second-order valence-electron chi connectivity index (χ2n) is 6.06. The zero-order chi connectivity index (χ0) is 18.9. The van der Waals surface area contributed by atoms with E-state index in [0.717, 1.165) is 23.4 Å². The summed E-state index contributed by atoms with van der Waals surface area (Å²) in [5.41, 5.74) is 1.91. The normalized spacial score (nSPS) is 13.2. The highest BCUT2D eigenvalue weighted by Crippen LogP contribution is 2.15. The molecular formula is C21H22N2O4. The van der Waals surface area contributed by atoms with Crippen molar-refractivity contribution in [3.8, 4) is 5.75 Å². The van der Waals surface area contributed by atoms with Gasteiger partial charge >= 0.3 is 5.97 Å². The number of hydrazone groups is 1. The van der Waals surface area contributed by atoms with Crippen molar-refractivity contribution in [1.29, 1.82) is 0 Å². The van der Waals surface area contributed by atoms with E-state index in [1.54, 1.807) is 0 Å². The van der Waals surface area contributed by atoms with Crippen LogP contribution in [0.4, 0.5) is 0 Å². The molecular weight excluding hydrogens is 344 g/mol. The first-order chi connectivity index (χ1) is 13.2. The van der Waals surface area contributed by atoms with Crippen LogP contribution in [0.1, 0.15) is 24.8 Å². The predicted octanol–water partition coefficient (Wildman–Crippen LogP) is 3.03. The highest BCUT2D eigenvalue weighted by molar-refractivity contribution is 6.02. The number of para-hydroxylation sites is 1. The van der Waals surface area contributed by atoms with Crippen molar-refractivity contribution in [3.05, 3.63) is 66.2 Å². The molecule has 1 aliphatic rings. The molecule has 0 unspecified atom stereocenters. The molecule has 0 spiro atoms. The van der Waals surface area contributed by atoms with Crippen LogP contribution in [0.25, 0.3) is 0 Å². The van der Waals surface area contributed by atoms with Crippen molar-refractivity contribution in [2.45, 2.75) is 19.3 Å². The van der Waals surface area contributed by atoms with Crippen LogP contribution in [-0.2, 0) is 14.3 Å². The van der Waals surface area contributed by atoms with Crippen LogP contribution in [0, 0.1) is 0 Å². The summed E-state index contributed by atoms with van der Waals surface area (Å²) in [5, 5.41) is 5.81. The number of rotatable bonds is 8. The molecule has 1 amide bonds. The summed E-state index contributed by atoms with van der Waals surface area (Å²) in [6, 6.07) is 19.1. The maximum atomic E-state index is 12.2. The van der Waals surface area contributed by atoms with E-state index in [9.17, 15) is 9.59 Å². The molecule has 0 bridgehead atoms. The number of ether oxygens (including phenoxy) is 2. The summed E-state index contributed by atoms with van der Waals surface area (Å²) in [4.78, 5) is 24.0. The Balaban J connectivity index is 1.35. The maximum absolute atomic E-state index is 12.2. The molecule has 1 heterocycles. The Labute approximate surface area is 158 Å². The largest absolute Gasteiger partial charge is 0.490 e. The van der Waals surface area contributed by atoms with Crippen molar-refractivity contribution < 1.29 is 19.1 Å². The third-order valence-electron chi connectivity index (χ3n) is 4.10. The summed E-state index contributed by atoms with van der Waals surface area (Å²) in [5.74, 6) is 0.148. The third kappa shape index (κ3) is 5.67. The lowest BCUT2D eigenvalue weighted by Crippen LogP contribution is -2.24. The number of benzene rings is 2. The van der Waals surface area contributed by atoms with E-state index in [0.29, 0.717) is 6.54 Å². The summed E-state index contributed by atoms with van der Waals surface area (Å²) >= 11 is 0. The second kappa shape index (κ2) is 9.52. The molecule has 2 aromatic rings. The first-order valence-corrected chi connectivity index (χ1v) is 8.99. The SMILES string of the molecule is O=C(CCC(=O)N1CCC(c2ccccc2)=N1)OCCOc1ccccc1. The van der Waals surface area contributed by atoms with Gasteiger partial charge in [-0.15, -0.1) is 0 Å². The van der Waals surface area contributed by atoms with E-state index in [1.807, 2.05) is 60.7 Å². The molecule has 0 fully saturated rings. The third-order valence-corrected chi connectivity index (χ3v) is 4.10. The quantitative estimate of drug-likeness (QED) is 0.532. The first-order valence-electron chi connectivity index (χ1n) is 8.99. The Bertz CT molecular complexity index is 790. The molecule has 0 aromatic heterocycles. The Morgan fingerprint density at radius 3 is 2.37 bits per heavy atom. The van der Waals surface area contributed by atoms with Gasteiger partial charge in [0.05, 0.1) is 18.7 Å². The molecule has 3 rings (SSSR count). The smallest absolute Gasteiger partial charge is 0.306 e. The molecule has 0 N–H and O–H groups in total. The maximum Gasteiger partial charge on any atom is 0.306 e. The van der Waals surface area contributed by atoms with Gasteiger partial charge in [0.2, 0.25) is 5.91 Å². The standard InChI is InChI=1S/C21H22N2O4/c24-20(23-14-13-19(22-23)17-7-3-1-4-8-17)11-12-21(25)27-16-15-26-18-9-5-2-6-10-18/h1-10H,11-16H2. The number of esters is 1. The second-order valence-corrected chi connectivity index (χ2v) is 6.06. The zero-order valence-electron chi connectivity index (χ0n) is 15.0. The number of hydrogen-bond donors (Lipinski definition) is 0. The molecule has 6 nitrogen and oxygen atoms in total. The highest BCUT2D eigenvalue weighted by Gasteiger charge is 2.22. The summed E-state index contributed by atoms with van der Waals surface area (Å²) in [6.07, 6.45) is 0.845. The Morgan fingerprint density at radius 1 is 0.926 bits per heavy atom. The lowest BCUT2D eigenvalue weighted by molar-refractivity contribution is -0.146. The Morgan fingerprint density at radius 2 is 1.63 bits per heavy atom. The molecule has 140 valence electrons. The molecule has 0 saturated heterocycles. The van der Waals surface area contributed by atoms with Crippen molar-refractivity contribution in [2.24, 2.45) is 5.10 Å². The minimum absolute atomic E-state index is 0.0386. The average Bonchev–Trinajstić information content (AvgIpc) is 3.21. The average molecular weight is 366 g/mol. The molecule has 2 aromatic carbocycles. The molecule has 6 heteroatoms. The number of amides is 1. The summed E-state index contributed by atoms with van der Waals surface area (Å²) in [6.45, 7) is 0.978. The minimum atomic E-state index is -0.411. The lowest BCUT2D eigenvalue weighted by atomic mass is 10.1. The molecule has 0 saturated carbocycles. The van der Waals surface area contributed by atoms with E-state index >= 15 is 0 Å². The van der Waals surface area contributed by atoms with Gasteiger partial charge in [-0.1, -0.05) is 48.5 Å². The van der Waals surface area contributed by atoms with Gasteiger partial charge in [0.25, 0.3) is 0 Å². The van der Waals surface area contributed by atoms with Crippen LogP contribution < -0.4 is 4.74 Å². The van der Waals surface area contributed by atoms with Gasteiger partial charge in [0, 0.05) is 12.8 Å². The van der Waals surface area contributed by atoms with E-state index in [2.05, 4.69) is 5.10 Å². The highest BCUT2D eigenvalue weighted by atomic mass is 16.6. The van der Waals surface area contributed by atoms with E-state index in [-0.39, 0.29) is 32.0 Å². The first kappa shape index (κ1) is 18.6. The van der Waals surface area contributed by atoms with Crippen LogP contribution in [-0.4, -0.2) is 42.4 Å².